The van der Waals surface area contributed by atoms with Crippen molar-refractivity contribution in [1.29, 1.82) is 0 Å². The van der Waals surface area contributed by atoms with Gasteiger partial charge < -0.3 is 43.8 Å². The molecule has 1 aromatic carbocycles. The van der Waals surface area contributed by atoms with Crippen molar-refractivity contribution < 1.29 is 52.5 Å². The molecular formula is C45H51ClN6O11S2. The Bertz CT molecular complexity index is 2420. The van der Waals surface area contributed by atoms with Crippen LogP contribution in [0.5, 0.6) is 5.75 Å². The fraction of sp³-hybridized carbons (Fsp3) is 0.467. The monoisotopic (exact) mass is 950 g/mol. The number of β-lactam (4-membered cyclic amide) rings is 1. The molecule has 20 heteroatoms. The third-order valence-electron chi connectivity index (χ3n) is 12.5. The molecular weight excluding hydrogens is 900 g/mol. The number of carboxylic acid groups (broad SMARTS) is 1. The average Bonchev–Trinajstić information content (AvgIpc) is 4.06. The number of rotatable bonds is 15. The van der Waals surface area contributed by atoms with Gasteiger partial charge in [-0.15, -0.1) is 34.7 Å². The van der Waals surface area contributed by atoms with Crippen molar-refractivity contribution in [2.24, 2.45) is 23.7 Å². The average molecular weight is 952 g/mol. The number of allylic oxidation sites excluding steroid dienone is 3. The van der Waals surface area contributed by atoms with Gasteiger partial charge in [-0.1, -0.05) is 30.4 Å². The number of nitrogens with one attached hydrogen (secondary N) is 1. The van der Waals surface area contributed by atoms with Crippen molar-refractivity contribution in [3.63, 3.8) is 0 Å². The van der Waals surface area contributed by atoms with E-state index in [4.69, 9.17) is 30.2 Å². The number of thioether (sulfide) groups is 1. The van der Waals surface area contributed by atoms with Crippen molar-refractivity contribution in [2.75, 3.05) is 72.8 Å². The predicted octanol–water partition coefficient (Wildman–Crippen LogP) is 4.94. The summed E-state index contributed by atoms with van der Waals surface area (Å²) in [6.45, 7) is 0.604. The van der Waals surface area contributed by atoms with Crippen LogP contribution in [0.25, 0.3) is 11.0 Å². The molecule has 5 aliphatic rings. The van der Waals surface area contributed by atoms with E-state index in [1.165, 1.54) is 39.9 Å². The van der Waals surface area contributed by atoms with E-state index in [2.05, 4.69) is 11.4 Å². The highest BCUT2D eigenvalue weighted by Gasteiger charge is 2.56. The summed E-state index contributed by atoms with van der Waals surface area (Å²) < 4.78 is 23.6. The second kappa shape index (κ2) is 19.5. The van der Waals surface area contributed by atoms with E-state index in [9.17, 15) is 33.9 Å². The molecule has 5 heterocycles. The fourth-order valence-corrected chi connectivity index (χ4v) is 11.6. The lowest BCUT2D eigenvalue weighted by Gasteiger charge is -2.49. The first kappa shape index (κ1) is 46.0. The standard InChI is InChI=1S/C45H51ClN6O11S2/c1-48(2)24-61-28-11-12-33-25(16-28)17-35(62-33)40(54)51-21-26(20-46)37-31-10-6-5-9-30(31)34(19-32(37)51)63-45(59)50(4)14-13-49(3)44(58)60-22-27-23-65-42-38(41(55)52(42)39(27)43(56)57)47-36(53)18-29-8-7-15-64-29/h5-12,15-17,26,30-32,34,37-38,42H,13-14,18-24H2,1-4H3,(H,47,53)(H,56,57). The van der Waals surface area contributed by atoms with E-state index < -0.39 is 41.6 Å². The smallest absolute Gasteiger partial charge is 0.409 e. The number of halogens is 1. The summed E-state index contributed by atoms with van der Waals surface area (Å²) >= 11 is 9.29. The Morgan fingerprint density at radius 1 is 1.00 bits per heavy atom. The van der Waals surface area contributed by atoms with Crippen LogP contribution in [0.3, 0.4) is 0 Å². The maximum Gasteiger partial charge on any atom is 0.409 e. The fourth-order valence-electron chi connectivity index (χ4n) is 9.31. The number of aliphatic carboxylic acids is 1. The number of furan rings is 1. The summed E-state index contributed by atoms with van der Waals surface area (Å²) in [5.41, 5.74) is 0.541. The summed E-state index contributed by atoms with van der Waals surface area (Å²) in [6.07, 6.45) is 6.65. The van der Waals surface area contributed by atoms with E-state index in [-0.39, 0.29) is 90.4 Å². The molecule has 2 aliphatic carbocycles. The van der Waals surface area contributed by atoms with Crippen LogP contribution in [0.1, 0.15) is 21.9 Å². The van der Waals surface area contributed by atoms with E-state index >= 15 is 0 Å². The van der Waals surface area contributed by atoms with Crippen LogP contribution in [0.4, 0.5) is 9.59 Å². The Morgan fingerprint density at radius 3 is 2.46 bits per heavy atom. The maximum absolute atomic E-state index is 14.2. The number of carbonyl (C=O) groups excluding carboxylic acids is 5. The van der Waals surface area contributed by atoms with Crippen molar-refractivity contribution in [1.82, 2.24) is 29.8 Å². The lowest BCUT2D eigenvalue weighted by atomic mass is 9.64. The van der Waals surface area contributed by atoms with Crippen LogP contribution in [0.2, 0.25) is 0 Å². The molecule has 2 N–H and O–H groups in total. The van der Waals surface area contributed by atoms with Gasteiger partial charge in [0, 0.05) is 79.6 Å². The lowest BCUT2D eigenvalue weighted by Crippen LogP contribution is -2.70. The lowest BCUT2D eigenvalue weighted by molar-refractivity contribution is -0.150. The molecule has 3 fully saturated rings. The van der Waals surface area contributed by atoms with Gasteiger partial charge in [0.25, 0.3) is 11.8 Å². The molecule has 346 valence electrons. The summed E-state index contributed by atoms with van der Waals surface area (Å²) in [6, 6.07) is 9.66. The van der Waals surface area contributed by atoms with E-state index in [1.807, 2.05) is 65.7 Å². The first-order valence-corrected chi connectivity index (χ1v) is 23.7. The molecule has 17 nitrogen and oxygen atoms in total. The Morgan fingerprint density at radius 2 is 1.75 bits per heavy atom. The summed E-state index contributed by atoms with van der Waals surface area (Å²) in [5, 5.41) is 14.8. The number of hydrogen-bond acceptors (Lipinski definition) is 13. The number of hydrogen-bond donors (Lipinski definition) is 2. The SMILES string of the molecule is CN(C)COc1ccc2oc(C(=O)N3CC(CCl)C4C5C=CC=CC5C(OC(=O)N(C)CCN(C)C(=O)OCC5=C(C(=O)O)N6C(=O)C(NC(=O)Cc7cccs7)C6SC5)CC43)cc2c1. The minimum Gasteiger partial charge on any atom is -0.478 e. The molecule has 3 aliphatic heterocycles. The number of carbonyl (C=O) groups is 6. The minimum atomic E-state index is -1.34. The van der Waals surface area contributed by atoms with Gasteiger partial charge in [-0.05, 0) is 67.6 Å². The zero-order valence-electron chi connectivity index (χ0n) is 36.3. The number of carboxylic acids is 1. The highest BCUT2D eigenvalue weighted by molar-refractivity contribution is 8.00. The molecule has 1 saturated carbocycles. The summed E-state index contributed by atoms with van der Waals surface area (Å²) in [4.78, 5) is 87.4. The number of benzene rings is 1. The van der Waals surface area contributed by atoms with Gasteiger partial charge in [-0.25, -0.2) is 14.4 Å². The van der Waals surface area contributed by atoms with E-state index in [0.29, 0.717) is 36.9 Å². The van der Waals surface area contributed by atoms with Crippen molar-refractivity contribution in [3.8, 4) is 5.75 Å². The second-order valence-corrected chi connectivity index (χ2v) is 19.6. The highest BCUT2D eigenvalue weighted by Crippen LogP contribution is 2.50. The zero-order valence-corrected chi connectivity index (χ0v) is 38.7. The molecule has 0 spiro atoms. The van der Waals surface area contributed by atoms with Crippen LogP contribution in [0.15, 0.2) is 81.8 Å². The predicted molar refractivity (Wildman–Crippen MR) is 242 cm³/mol. The number of fused-ring (bicyclic) bond motifs is 5. The molecule has 5 amide bonds. The largest absolute Gasteiger partial charge is 0.478 e. The summed E-state index contributed by atoms with van der Waals surface area (Å²) in [5.74, 6) is -1.25. The van der Waals surface area contributed by atoms with E-state index in [1.54, 1.807) is 25.2 Å². The second-order valence-electron chi connectivity index (χ2n) is 17.1. The van der Waals surface area contributed by atoms with Crippen molar-refractivity contribution in [2.45, 2.75) is 36.4 Å². The molecule has 2 saturated heterocycles. The summed E-state index contributed by atoms with van der Waals surface area (Å²) in [7, 11) is 6.87. The van der Waals surface area contributed by atoms with Gasteiger partial charge in [0.05, 0.1) is 6.42 Å². The number of likely N-dealkylation sites (N-methyl/N-ethyl adjacent to an activating group) is 2. The minimum absolute atomic E-state index is 0.00615. The molecule has 8 atom stereocenters. The van der Waals surface area contributed by atoms with E-state index in [0.717, 1.165) is 15.2 Å². The van der Waals surface area contributed by atoms with Crippen molar-refractivity contribution >= 4 is 81.5 Å². The maximum atomic E-state index is 14.2. The Balaban J connectivity index is 0.859. The molecule has 65 heavy (non-hydrogen) atoms. The van der Waals surface area contributed by atoms with Gasteiger partial charge >= 0.3 is 18.2 Å². The topological polar surface area (TPSA) is 192 Å². The third kappa shape index (κ3) is 9.60. The van der Waals surface area contributed by atoms with Gasteiger partial charge in [-0.2, -0.15) is 0 Å². The van der Waals surface area contributed by atoms with Gasteiger partial charge in [0.1, 0.15) is 47.9 Å². The van der Waals surface area contributed by atoms with Gasteiger partial charge in [-0.3, -0.25) is 24.2 Å². The normalized spacial score (nSPS) is 25.4. The Hall–Kier alpha value is -5.50. The molecule has 0 radical (unpaired) electrons. The quantitative estimate of drug-likeness (QED) is 0.119. The van der Waals surface area contributed by atoms with Crippen LogP contribution in [-0.2, 0) is 30.3 Å². The molecule has 2 aromatic heterocycles. The van der Waals surface area contributed by atoms with Crippen molar-refractivity contribution in [3.05, 3.63) is 88.0 Å². The molecule has 8 unspecified atom stereocenters. The molecule has 8 rings (SSSR count). The first-order valence-electron chi connectivity index (χ1n) is 21.3. The number of alkyl halides is 1. The number of amides is 5. The van der Waals surface area contributed by atoms with Gasteiger partial charge in [0.15, 0.2) is 5.76 Å². The third-order valence-corrected chi connectivity index (χ3v) is 15.1. The van der Waals surface area contributed by atoms with Crippen LogP contribution in [0, 0.1) is 23.7 Å². The Kier molecular flexibility index (Phi) is 13.8. The highest BCUT2D eigenvalue weighted by atomic mass is 35.5. The zero-order chi connectivity index (χ0) is 46.1. The molecule has 0 bridgehead atoms. The first-order chi connectivity index (χ1) is 31.2. The van der Waals surface area contributed by atoms with Crippen LogP contribution >= 0.6 is 34.7 Å². The number of nitrogens with zero attached hydrogens (tertiary/aromatic N) is 5. The number of ether oxygens (including phenoxy) is 3. The number of likely N-dealkylation sites (tertiary alicyclic amines) is 1. The Labute approximate surface area is 388 Å². The van der Waals surface area contributed by atoms with Crippen LogP contribution in [-0.4, -0.2) is 162 Å². The molecule has 3 aromatic rings. The van der Waals surface area contributed by atoms with Crippen LogP contribution < -0.4 is 10.1 Å². The number of thiophene rings is 1. The van der Waals surface area contributed by atoms with Gasteiger partial charge in [0.2, 0.25) is 5.91 Å².